The second kappa shape index (κ2) is 6.15. The molecule has 0 bridgehead atoms. The van der Waals surface area contributed by atoms with Gasteiger partial charge < -0.3 is 10.3 Å². The highest BCUT2D eigenvalue weighted by Gasteiger charge is 2.30. The molecule has 2 N–H and O–H groups in total. The zero-order chi connectivity index (χ0) is 14.8. The van der Waals surface area contributed by atoms with Crippen LogP contribution in [0, 0.1) is 6.92 Å². The number of hydrogen-bond acceptors (Lipinski definition) is 6. The van der Waals surface area contributed by atoms with E-state index >= 15 is 0 Å². The molecule has 0 aromatic carbocycles. The first kappa shape index (κ1) is 14.5. The molecule has 8 heteroatoms. The van der Waals surface area contributed by atoms with Gasteiger partial charge in [-0.25, -0.2) is 4.98 Å². The minimum atomic E-state index is -0.295. The van der Waals surface area contributed by atoms with Gasteiger partial charge in [-0.15, -0.1) is 21.5 Å². The second-order valence-electron chi connectivity index (χ2n) is 5.13. The van der Waals surface area contributed by atoms with E-state index in [1.165, 1.54) is 0 Å². The molecular formula is C13H17N5OS2. The van der Waals surface area contributed by atoms with Crippen LogP contribution < -0.4 is 5.73 Å². The molecule has 112 valence electrons. The van der Waals surface area contributed by atoms with Crippen molar-refractivity contribution in [2.24, 2.45) is 5.73 Å². The van der Waals surface area contributed by atoms with E-state index in [-0.39, 0.29) is 5.91 Å². The minimum absolute atomic E-state index is 0.295. The molecule has 0 atom stereocenters. The van der Waals surface area contributed by atoms with Crippen LogP contribution >= 0.6 is 23.1 Å². The van der Waals surface area contributed by atoms with Crippen LogP contribution in [-0.2, 0) is 17.1 Å². The maximum absolute atomic E-state index is 11.0. The summed E-state index contributed by atoms with van der Waals surface area (Å²) in [6.45, 7) is 2.56. The Morgan fingerprint density at radius 1 is 1.52 bits per heavy atom. The van der Waals surface area contributed by atoms with E-state index in [9.17, 15) is 4.79 Å². The van der Waals surface area contributed by atoms with Crippen molar-refractivity contribution in [1.82, 2.24) is 19.7 Å². The smallest absolute Gasteiger partial charge is 0.219 e. The first-order valence-electron chi connectivity index (χ1n) is 6.88. The van der Waals surface area contributed by atoms with Crippen molar-refractivity contribution in [2.45, 2.75) is 49.6 Å². The highest BCUT2D eigenvalue weighted by molar-refractivity contribution is 7.98. The minimum Gasteiger partial charge on any atom is -0.370 e. The summed E-state index contributed by atoms with van der Waals surface area (Å²) in [5.41, 5.74) is 6.32. The lowest BCUT2D eigenvalue weighted by atomic mass is 10.3. The lowest BCUT2D eigenvalue weighted by Gasteiger charge is -2.08. The van der Waals surface area contributed by atoms with Crippen LogP contribution in [0.4, 0.5) is 0 Å². The van der Waals surface area contributed by atoms with Crippen molar-refractivity contribution < 1.29 is 4.79 Å². The Balaban J connectivity index is 1.72. The highest BCUT2D eigenvalue weighted by Crippen LogP contribution is 2.40. The van der Waals surface area contributed by atoms with Crippen LogP contribution in [0.25, 0.3) is 0 Å². The summed E-state index contributed by atoms with van der Waals surface area (Å²) in [4.78, 5) is 15.5. The molecule has 3 rings (SSSR count). The van der Waals surface area contributed by atoms with Crippen molar-refractivity contribution >= 4 is 29.0 Å². The lowest BCUT2D eigenvalue weighted by Crippen LogP contribution is -2.15. The van der Waals surface area contributed by atoms with E-state index < -0.39 is 0 Å². The predicted octanol–water partition coefficient (Wildman–Crippen LogP) is 2.09. The van der Waals surface area contributed by atoms with Gasteiger partial charge in [-0.2, -0.15) is 0 Å². The number of nitrogens with two attached hydrogens (primary N) is 1. The van der Waals surface area contributed by atoms with Gasteiger partial charge in [-0.05, 0) is 19.8 Å². The highest BCUT2D eigenvalue weighted by atomic mass is 32.2. The lowest BCUT2D eigenvalue weighted by molar-refractivity contribution is -0.118. The number of thioether (sulfide) groups is 1. The van der Waals surface area contributed by atoms with Crippen LogP contribution in [-0.4, -0.2) is 25.7 Å². The normalized spacial score (nSPS) is 14.5. The molecule has 1 fully saturated rings. The van der Waals surface area contributed by atoms with Crippen molar-refractivity contribution in [1.29, 1.82) is 0 Å². The Labute approximate surface area is 131 Å². The van der Waals surface area contributed by atoms with E-state index in [1.807, 2.05) is 11.5 Å². The number of aryl methyl sites for hydroxylation is 1. The summed E-state index contributed by atoms with van der Waals surface area (Å²) in [5, 5.41) is 12.6. The monoisotopic (exact) mass is 323 g/mol. The van der Waals surface area contributed by atoms with Gasteiger partial charge in [-0.1, -0.05) is 11.8 Å². The predicted molar refractivity (Wildman–Crippen MR) is 82.2 cm³/mol. The van der Waals surface area contributed by atoms with Crippen molar-refractivity contribution in [2.75, 3.05) is 0 Å². The fourth-order valence-electron chi connectivity index (χ4n) is 2.10. The number of aromatic nitrogens is 4. The molecule has 0 aliphatic heterocycles. The molecule has 2 heterocycles. The van der Waals surface area contributed by atoms with E-state index in [0.29, 0.717) is 18.9 Å². The number of nitrogens with zero attached hydrogens (tertiary/aromatic N) is 4. The van der Waals surface area contributed by atoms with Gasteiger partial charge in [0, 0.05) is 30.0 Å². The fraction of sp³-hybridized carbons (Fsp3) is 0.538. The van der Waals surface area contributed by atoms with Crippen molar-refractivity contribution in [3.63, 3.8) is 0 Å². The average molecular weight is 323 g/mol. The maximum Gasteiger partial charge on any atom is 0.219 e. The zero-order valence-corrected chi connectivity index (χ0v) is 13.4. The van der Waals surface area contributed by atoms with E-state index in [1.54, 1.807) is 23.1 Å². The first-order chi connectivity index (χ1) is 10.1. The van der Waals surface area contributed by atoms with Crippen LogP contribution in [0.5, 0.6) is 0 Å². The summed E-state index contributed by atoms with van der Waals surface area (Å²) in [5.74, 6) is 1.97. The number of carbonyl (C=O) groups excluding carboxylic acids is 1. The van der Waals surface area contributed by atoms with Crippen molar-refractivity contribution in [3.8, 4) is 0 Å². The standard InChI is InChI=1S/C13H17N5OS2/c1-8-15-10(6-20-8)7-21-13-17-16-12(9-2-3-9)18(13)5-4-11(14)19/h6,9H,2-5,7H2,1H3,(H2,14,19). The number of amides is 1. The van der Waals surface area contributed by atoms with Gasteiger partial charge in [0.15, 0.2) is 5.16 Å². The van der Waals surface area contributed by atoms with Gasteiger partial charge in [0.2, 0.25) is 5.91 Å². The summed E-state index contributed by atoms with van der Waals surface area (Å²) in [6, 6.07) is 0. The number of hydrogen-bond donors (Lipinski definition) is 1. The molecule has 6 nitrogen and oxygen atoms in total. The molecule has 1 aliphatic rings. The molecule has 21 heavy (non-hydrogen) atoms. The molecule has 1 saturated carbocycles. The number of rotatable bonds is 7. The zero-order valence-electron chi connectivity index (χ0n) is 11.8. The van der Waals surface area contributed by atoms with E-state index in [2.05, 4.69) is 20.6 Å². The average Bonchev–Trinajstić information content (AvgIpc) is 3.08. The summed E-state index contributed by atoms with van der Waals surface area (Å²) in [7, 11) is 0. The molecular weight excluding hydrogens is 306 g/mol. The Kier molecular flexibility index (Phi) is 4.25. The van der Waals surface area contributed by atoms with Gasteiger partial charge >= 0.3 is 0 Å². The van der Waals surface area contributed by atoms with Crippen LogP contribution in [0.3, 0.4) is 0 Å². The Hall–Kier alpha value is -1.41. The molecule has 2 aromatic rings. The van der Waals surface area contributed by atoms with Gasteiger partial charge in [0.1, 0.15) is 5.82 Å². The molecule has 0 unspecified atom stereocenters. The van der Waals surface area contributed by atoms with Gasteiger partial charge in [0.05, 0.1) is 10.7 Å². The molecule has 0 spiro atoms. The molecule has 1 aliphatic carbocycles. The maximum atomic E-state index is 11.0. The Bertz CT molecular complexity index is 647. The summed E-state index contributed by atoms with van der Waals surface area (Å²) >= 11 is 3.26. The van der Waals surface area contributed by atoms with Gasteiger partial charge in [0.25, 0.3) is 0 Å². The topological polar surface area (TPSA) is 86.7 Å². The third-order valence-electron chi connectivity index (χ3n) is 3.29. The van der Waals surface area contributed by atoms with Crippen LogP contribution in [0.2, 0.25) is 0 Å². The Morgan fingerprint density at radius 3 is 2.95 bits per heavy atom. The quantitative estimate of drug-likeness (QED) is 0.788. The van der Waals surface area contributed by atoms with E-state index in [4.69, 9.17) is 5.73 Å². The van der Waals surface area contributed by atoms with Crippen LogP contribution in [0.1, 0.15) is 41.7 Å². The van der Waals surface area contributed by atoms with Gasteiger partial charge in [-0.3, -0.25) is 4.79 Å². The Morgan fingerprint density at radius 2 is 2.33 bits per heavy atom. The van der Waals surface area contributed by atoms with E-state index in [0.717, 1.165) is 40.3 Å². The third kappa shape index (κ3) is 3.62. The SMILES string of the molecule is Cc1nc(CSc2nnc(C3CC3)n2CCC(N)=O)cs1. The first-order valence-corrected chi connectivity index (χ1v) is 8.75. The van der Waals surface area contributed by atoms with Crippen molar-refractivity contribution in [3.05, 3.63) is 21.9 Å². The summed E-state index contributed by atoms with van der Waals surface area (Å²) in [6.07, 6.45) is 2.64. The fourth-order valence-corrected chi connectivity index (χ4v) is 3.68. The molecule has 0 radical (unpaired) electrons. The summed E-state index contributed by atoms with van der Waals surface area (Å²) < 4.78 is 2.05. The second-order valence-corrected chi connectivity index (χ2v) is 7.13. The largest absolute Gasteiger partial charge is 0.370 e. The number of thiazole rings is 1. The molecule has 0 saturated heterocycles. The molecule has 2 aromatic heterocycles. The van der Waals surface area contributed by atoms with Crippen LogP contribution in [0.15, 0.2) is 10.5 Å². The third-order valence-corrected chi connectivity index (χ3v) is 5.11. The number of primary amides is 1. The number of carbonyl (C=O) groups is 1. The molecule has 1 amide bonds.